The first-order valence-electron chi connectivity index (χ1n) is 9.29. The van der Waals surface area contributed by atoms with Crippen molar-refractivity contribution in [3.05, 3.63) is 64.0 Å². The number of carbonyl (C=O) groups excluding carboxylic acids is 2. The highest BCUT2D eigenvalue weighted by Crippen LogP contribution is 2.36. The van der Waals surface area contributed by atoms with Crippen LogP contribution in [0.1, 0.15) is 15.9 Å². The lowest BCUT2D eigenvalue weighted by atomic mass is 10.0. The topological polar surface area (TPSA) is 84.1 Å². The predicted octanol–water partition coefficient (Wildman–Crippen LogP) is 5.77. The monoisotopic (exact) mass is 471 g/mol. The van der Waals surface area contributed by atoms with Gasteiger partial charge in [0.25, 0.3) is 0 Å². The number of imidazole rings is 1. The molecule has 2 heterocycles. The van der Waals surface area contributed by atoms with Crippen LogP contribution in [0.5, 0.6) is 0 Å². The van der Waals surface area contributed by atoms with Crippen LogP contribution in [-0.2, 0) is 9.53 Å². The van der Waals surface area contributed by atoms with Crippen molar-refractivity contribution in [3.63, 3.8) is 0 Å². The number of fused-ring (bicyclic) bond motifs is 1. The Morgan fingerprint density at radius 3 is 2.74 bits per heavy atom. The summed E-state index contributed by atoms with van der Waals surface area (Å²) in [6, 6.07) is 13.1. The summed E-state index contributed by atoms with van der Waals surface area (Å²) in [5, 5.41) is 6.36. The molecule has 1 amide bonds. The number of esters is 1. The number of hydrogen-bond donors (Lipinski definition) is 2. The lowest BCUT2D eigenvalue weighted by molar-refractivity contribution is -0.113. The summed E-state index contributed by atoms with van der Waals surface area (Å²) in [5.74, 6) is -0.605. The number of ether oxygens (including phenoxy) is 1. The lowest BCUT2D eigenvalue weighted by Gasteiger charge is -2.07. The molecule has 0 radical (unpaired) electrons. The highest BCUT2D eigenvalue weighted by Gasteiger charge is 2.22. The number of aromatic amines is 1. The van der Waals surface area contributed by atoms with Gasteiger partial charge in [0, 0.05) is 16.0 Å². The van der Waals surface area contributed by atoms with Gasteiger partial charge in [-0.2, -0.15) is 0 Å². The van der Waals surface area contributed by atoms with Crippen LogP contribution in [0.15, 0.2) is 53.0 Å². The van der Waals surface area contributed by atoms with Crippen LogP contribution in [0, 0.1) is 6.92 Å². The highest BCUT2D eigenvalue weighted by molar-refractivity contribution is 7.99. The molecule has 0 atom stereocenters. The number of aromatic nitrogens is 2. The van der Waals surface area contributed by atoms with Gasteiger partial charge in [-0.05, 0) is 42.3 Å². The SMILES string of the molecule is COC(=O)c1c(-c2ccc(Cl)cc2)csc1NC(=O)CSc1nc2ccc(C)cc2[nH]1. The van der Waals surface area contributed by atoms with E-state index >= 15 is 0 Å². The molecule has 4 rings (SSSR count). The Balaban J connectivity index is 1.50. The van der Waals surface area contributed by atoms with E-state index in [0.717, 1.165) is 22.2 Å². The normalized spacial score (nSPS) is 10.9. The van der Waals surface area contributed by atoms with Crippen molar-refractivity contribution in [2.75, 3.05) is 18.2 Å². The summed E-state index contributed by atoms with van der Waals surface area (Å²) in [6.07, 6.45) is 0. The van der Waals surface area contributed by atoms with E-state index in [4.69, 9.17) is 16.3 Å². The van der Waals surface area contributed by atoms with E-state index in [1.165, 1.54) is 30.2 Å². The number of thioether (sulfide) groups is 1. The fourth-order valence-corrected chi connectivity index (χ4v) is 4.85. The summed E-state index contributed by atoms with van der Waals surface area (Å²) in [5.41, 5.74) is 4.74. The molecule has 0 aliphatic heterocycles. The van der Waals surface area contributed by atoms with Gasteiger partial charge in [-0.3, -0.25) is 4.79 Å². The molecule has 0 fully saturated rings. The number of benzene rings is 2. The molecule has 2 aromatic carbocycles. The van der Waals surface area contributed by atoms with Gasteiger partial charge in [0.15, 0.2) is 5.16 Å². The maximum atomic E-state index is 12.6. The number of halogens is 1. The first-order valence-corrected chi connectivity index (χ1v) is 11.5. The van der Waals surface area contributed by atoms with Gasteiger partial charge >= 0.3 is 5.97 Å². The fourth-order valence-electron chi connectivity index (χ4n) is 3.06. The molecule has 0 saturated carbocycles. The third-order valence-corrected chi connectivity index (χ3v) is 6.57. The van der Waals surface area contributed by atoms with Gasteiger partial charge < -0.3 is 15.0 Å². The number of anilines is 1. The van der Waals surface area contributed by atoms with E-state index in [-0.39, 0.29) is 11.7 Å². The van der Waals surface area contributed by atoms with E-state index in [2.05, 4.69) is 15.3 Å². The fraction of sp³-hybridized carbons (Fsp3) is 0.136. The van der Waals surface area contributed by atoms with Crippen LogP contribution in [0.4, 0.5) is 5.00 Å². The van der Waals surface area contributed by atoms with Gasteiger partial charge in [-0.1, -0.05) is 41.6 Å². The molecule has 31 heavy (non-hydrogen) atoms. The lowest BCUT2D eigenvalue weighted by Crippen LogP contribution is -2.16. The number of nitrogens with one attached hydrogen (secondary N) is 2. The number of hydrogen-bond acceptors (Lipinski definition) is 6. The second kappa shape index (κ2) is 9.13. The number of amides is 1. The molecule has 0 saturated heterocycles. The van der Waals surface area contributed by atoms with E-state index in [0.29, 0.717) is 26.3 Å². The summed E-state index contributed by atoms with van der Waals surface area (Å²) >= 11 is 8.54. The van der Waals surface area contributed by atoms with Crippen molar-refractivity contribution >= 4 is 62.6 Å². The Hall–Kier alpha value is -2.81. The van der Waals surface area contributed by atoms with Crippen LogP contribution in [-0.4, -0.2) is 34.7 Å². The summed E-state index contributed by atoms with van der Waals surface area (Å²) in [4.78, 5) is 32.7. The van der Waals surface area contributed by atoms with E-state index in [9.17, 15) is 9.59 Å². The summed E-state index contributed by atoms with van der Waals surface area (Å²) < 4.78 is 4.95. The predicted molar refractivity (Wildman–Crippen MR) is 126 cm³/mol. The molecule has 6 nitrogen and oxygen atoms in total. The standard InChI is InChI=1S/C22H18ClN3O3S2/c1-12-3-8-16-17(9-12)25-22(24-16)31-11-18(27)26-20-19(21(28)29-2)15(10-30-20)13-4-6-14(23)7-5-13/h3-10H,11H2,1-2H3,(H,24,25)(H,26,27). The van der Waals surface area contributed by atoms with E-state index in [1.807, 2.05) is 42.6 Å². The Morgan fingerprint density at radius 1 is 1.23 bits per heavy atom. The smallest absolute Gasteiger partial charge is 0.341 e. The van der Waals surface area contributed by atoms with Crippen molar-refractivity contribution in [1.29, 1.82) is 0 Å². The van der Waals surface area contributed by atoms with Gasteiger partial charge in [0.05, 0.1) is 23.9 Å². The minimum atomic E-state index is -0.512. The van der Waals surface area contributed by atoms with Crippen molar-refractivity contribution in [1.82, 2.24) is 9.97 Å². The highest BCUT2D eigenvalue weighted by atomic mass is 35.5. The Morgan fingerprint density at radius 2 is 2.00 bits per heavy atom. The molecular formula is C22H18ClN3O3S2. The molecule has 2 aromatic heterocycles. The molecule has 158 valence electrons. The van der Waals surface area contributed by atoms with Crippen LogP contribution in [0.25, 0.3) is 22.2 Å². The van der Waals surface area contributed by atoms with Gasteiger partial charge in [-0.15, -0.1) is 11.3 Å². The van der Waals surface area contributed by atoms with Crippen molar-refractivity contribution in [3.8, 4) is 11.1 Å². The summed E-state index contributed by atoms with van der Waals surface area (Å²) in [7, 11) is 1.32. The zero-order valence-electron chi connectivity index (χ0n) is 16.7. The second-order valence-electron chi connectivity index (χ2n) is 6.75. The van der Waals surface area contributed by atoms with Crippen LogP contribution in [0.2, 0.25) is 5.02 Å². The summed E-state index contributed by atoms with van der Waals surface area (Å²) in [6.45, 7) is 2.01. The first kappa shape index (κ1) is 21.4. The van der Waals surface area contributed by atoms with Crippen LogP contribution >= 0.6 is 34.7 Å². The minimum absolute atomic E-state index is 0.146. The molecule has 0 spiro atoms. The van der Waals surface area contributed by atoms with Crippen molar-refractivity contribution in [2.45, 2.75) is 12.1 Å². The average molecular weight is 472 g/mol. The number of aryl methyl sites for hydroxylation is 1. The molecule has 0 bridgehead atoms. The third kappa shape index (κ3) is 4.76. The van der Waals surface area contributed by atoms with Gasteiger partial charge in [0.1, 0.15) is 10.6 Å². The van der Waals surface area contributed by atoms with Crippen LogP contribution in [0.3, 0.4) is 0 Å². The molecule has 9 heteroatoms. The number of H-pyrrole nitrogens is 1. The number of carbonyl (C=O) groups is 2. The molecule has 4 aromatic rings. The molecule has 0 aliphatic carbocycles. The maximum Gasteiger partial charge on any atom is 0.341 e. The number of thiophene rings is 1. The Labute approximate surface area is 192 Å². The van der Waals surface area contributed by atoms with Gasteiger partial charge in [0.2, 0.25) is 5.91 Å². The maximum absolute atomic E-state index is 12.6. The Kier molecular flexibility index (Phi) is 6.31. The Bertz CT molecular complexity index is 1260. The average Bonchev–Trinajstić information content (AvgIpc) is 3.35. The minimum Gasteiger partial charge on any atom is -0.465 e. The van der Waals surface area contributed by atoms with Crippen LogP contribution < -0.4 is 5.32 Å². The number of nitrogens with zero attached hydrogens (tertiary/aromatic N) is 1. The molecular weight excluding hydrogens is 454 g/mol. The van der Waals surface area contributed by atoms with E-state index in [1.54, 1.807) is 12.1 Å². The zero-order chi connectivity index (χ0) is 22.0. The van der Waals surface area contributed by atoms with Crippen molar-refractivity contribution in [2.24, 2.45) is 0 Å². The number of methoxy groups -OCH3 is 1. The quantitative estimate of drug-likeness (QED) is 0.275. The van der Waals surface area contributed by atoms with Crippen molar-refractivity contribution < 1.29 is 14.3 Å². The number of rotatable bonds is 6. The molecule has 0 aliphatic rings. The third-order valence-electron chi connectivity index (χ3n) is 4.54. The second-order valence-corrected chi connectivity index (χ2v) is 9.03. The molecule has 2 N–H and O–H groups in total. The van der Waals surface area contributed by atoms with E-state index < -0.39 is 5.97 Å². The van der Waals surface area contributed by atoms with Gasteiger partial charge in [-0.25, -0.2) is 9.78 Å². The largest absolute Gasteiger partial charge is 0.465 e. The molecule has 0 unspecified atom stereocenters. The first-order chi connectivity index (χ1) is 14.9. The zero-order valence-corrected chi connectivity index (χ0v) is 19.1.